The summed E-state index contributed by atoms with van der Waals surface area (Å²) in [6.07, 6.45) is 0.980. The van der Waals surface area contributed by atoms with E-state index < -0.39 is 0 Å². The molecule has 1 saturated heterocycles. The van der Waals surface area contributed by atoms with E-state index in [2.05, 4.69) is 36.5 Å². The number of amides is 1. The molecule has 3 heteroatoms. The lowest BCUT2D eigenvalue weighted by atomic mass is 9.93. The second-order valence-electron chi connectivity index (χ2n) is 6.84. The zero-order valence-electron chi connectivity index (χ0n) is 13.1. The lowest BCUT2D eigenvalue weighted by molar-refractivity contribution is -0.140. The van der Waals surface area contributed by atoms with Gasteiger partial charge in [0.05, 0.1) is 0 Å². The molecule has 1 aromatic rings. The molecule has 0 spiro atoms. The van der Waals surface area contributed by atoms with Crippen LogP contribution in [-0.4, -0.2) is 36.5 Å². The van der Waals surface area contributed by atoms with E-state index in [-0.39, 0.29) is 11.3 Å². The van der Waals surface area contributed by atoms with Crippen LogP contribution in [0.5, 0.6) is 0 Å². The normalized spacial score (nSPS) is 20.0. The molecule has 1 unspecified atom stereocenters. The molecule has 110 valence electrons. The summed E-state index contributed by atoms with van der Waals surface area (Å²) < 4.78 is 0. The molecular weight excluding hydrogens is 248 g/mol. The lowest BCUT2D eigenvalue weighted by Gasteiger charge is -2.37. The van der Waals surface area contributed by atoms with Gasteiger partial charge in [0, 0.05) is 31.1 Å². The highest BCUT2D eigenvalue weighted by molar-refractivity contribution is 5.81. The Kier molecular flexibility index (Phi) is 4.48. The molecule has 1 amide bonds. The van der Waals surface area contributed by atoms with Crippen LogP contribution >= 0.6 is 0 Å². The van der Waals surface area contributed by atoms with E-state index in [1.165, 1.54) is 11.1 Å². The van der Waals surface area contributed by atoms with Gasteiger partial charge in [-0.15, -0.1) is 0 Å². The van der Waals surface area contributed by atoms with Gasteiger partial charge in [-0.25, -0.2) is 0 Å². The van der Waals surface area contributed by atoms with Gasteiger partial charge in [0.1, 0.15) is 0 Å². The topological polar surface area (TPSA) is 32.3 Å². The Morgan fingerprint density at radius 1 is 1.30 bits per heavy atom. The number of benzene rings is 1. The van der Waals surface area contributed by atoms with Crippen LogP contribution in [-0.2, 0) is 11.2 Å². The van der Waals surface area contributed by atoms with Gasteiger partial charge in [-0.05, 0) is 18.9 Å². The van der Waals surface area contributed by atoms with Crippen molar-refractivity contribution < 1.29 is 4.79 Å². The number of hydrogen-bond acceptors (Lipinski definition) is 2. The zero-order valence-corrected chi connectivity index (χ0v) is 13.1. The third kappa shape index (κ3) is 3.83. The van der Waals surface area contributed by atoms with Gasteiger partial charge in [0.25, 0.3) is 0 Å². The fourth-order valence-corrected chi connectivity index (χ4v) is 2.63. The van der Waals surface area contributed by atoms with Crippen molar-refractivity contribution in [3.63, 3.8) is 0 Å². The summed E-state index contributed by atoms with van der Waals surface area (Å²) in [6, 6.07) is 9.02. The van der Waals surface area contributed by atoms with Crippen LogP contribution in [0.3, 0.4) is 0 Å². The van der Waals surface area contributed by atoms with Crippen LogP contribution in [0.25, 0.3) is 0 Å². The zero-order chi connectivity index (χ0) is 14.8. The van der Waals surface area contributed by atoms with Gasteiger partial charge >= 0.3 is 0 Å². The minimum Gasteiger partial charge on any atom is -0.339 e. The number of carbonyl (C=O) groups excluding carboxylic acids is 1. The summed E-state index contributed by atoms with van der Waals surface area (Å²) in [5.74, 6) is 0.257. The molecule has 1 aliphatic rings. The van der Waals surface area contributed by atoms with Crippen LogP contribution in [0.15, 0.2) is 24.3 Å². The van der Waals surface area contributed by atoms with Gasteiger partial charge in [0.15, 0.2) is 0 Å². The van der Waals surface area contributed by atoms with Gasteiger partial charge in [-0.2, -0.15) is 0 Å². The van der Waals surface area contributed by atoms with E-state index in [9.17, 15) is 4.79 Å². The van der Waals surface area contributed by atoms with E-state index in [1.54, 1.807) is 0 Å². The molecule has 0 bridgehead atoms. The van der Waals surface area contributed by atoms with Crippen LogP contribution in [0, 0.1) is 12.3 Å². The molecular formula is C17H26N2O. The Balaban J connectivity index is 1.97. The predicted molar refractivity (Wildman–Crippen MR) is 82.7 cm³/mol. The molecule has 3 nitrogen and oxygen atoms in total. The van der Waals surface area contributed by atoms with Crippen LogP contribution < -0.4 is 5.32 Å². The molecule has 1 heterocycles. The van der Waals surface area contributed by atoms with E-state index >= 15 is 0 Å². The Bertz CT molecular complexity index is 459. The number of piperazine rings is 1. The third-order valence-corrected chi connectivity index (χ3v) is 3.79. The Hall–Kier alpha value is -1.35. The second kappa shape index (κ2) is 5.96. The Morgan fingerprint density at radius 3 is 2.55 bits per heavy atom. The first kappa shape index (κ1) is 15.0. The number of carbonyl (C=O) groups is 1. The van der Waals surface area contributed by atoms with E-state index in [0.29, 0.717) is 6.04 Å². The molecule has 0 aromatic heterocycles. The van der Waals surface area contributed by atoms with E-state index in [0.717, 1.165) is 26.1 Å². The predicted octanol–water partition coefficient (Wildman–Crippen LogP) is 2.38. The van der Waals surface area contributed by atoms with Crippen molar-refractivity contribution in [1.29, 1.82) is 0 Å². The monoisotopic (exact) mass is 274 g/mol. The van der Waals surface area contributed by atoms with E-state index in [1.807, 2.05) is 25.7 Å². The van der Waals surface area contributed by atoms with Gasteiger partial charge in [-0.1, -0.05) is 50.6 Å². The average Bonchev–Trinajstić information content (AvgIpc) is 2.40. The second-order valence-corrected chi connectivity index (χ2v) is 6.84. The maximum absolute atomic E-state index is 12.4. The van der Waals surface area contributed by atoms with Crippen molar-refractivity contribution in [2.75, 3.05) is 19.6 Å². The molecule has 20 heavy (non-hydrogen) atoms. The summed E-state index contributed by atoms with van der Waals surface area (Å²) in [5.41, 5.74) is 2.33. The third-order valence-electron chi connectivity index (χ3n) is 3.79. The first-order valence-corrected chi connectivity index (χ1v) is 7.44. The first-order chi connectivity index (χ1) is 9.36. The highest BCUT2D eigenvalue weighted by atomic mass is 16.2. The number of hydrogen-bond donors (Lipinski definition) is 1. The molecule has 0 aliphatic carbocycles. The molecule has 2 rings (SSSR count). The summed E-state index contributed by atoms with van der Waals surface area (Å²) >= 11 is 0. The molecule has 0 radical (unpaired) electrons. The Morgan fingerprint density at radius 2 is 1.95 bits per heavy atom. The van der Waals surface area contributed by atoms with Crippen molar-refractivity contribution in [2.24, 2.45) is 5.41 Å². The highest BCUT2D eigenvalue weighted by Crippen LogP contribution is 2.19. The molecule has 1 aromatic carbocycles. The summed E-state index contributed by atoms with van der Waals surface area (Å²) in [4.78, 5) is 14.4. The molecule has 1 atom stereocenters. The van der Waals surface area contributed by atoms with Crippen molar-refractivity contribution in [2.45, 2.75) is 40.2 Å². The van der Waals surface area contributed by atoms with Gasteiger partial charge in [0.2, 0.25) is 5.91 Å². The van der Waals surface area contributed by atoms with Crippen molar-refractivity contribution in [3.05, 3.63) is 35.4 Å². The fraction of sp³-hybridized carbons (Fsp3) is 0.588. The quantitative estimate of drug-likeness (QED) is 0.898. The average molecular weight is 274 g/mol. The molecule has 0 saturated carbocycles. The standard InChI is InChI=1S/C17H26N2O/c1-13-5-7-14(8-6-13)11-15-12-19(10-9-18-15)16(20)17(2,3)4/h5-8,15,18H,9-12H2,1-4H3. The van der Waals surface area contributed by atoms with Crippen LogP contribution in [0.4, 0.5) is 0 Å². The number of aryl methyl sites for hydroxylation is 1. The summed E-state index contributed by atoms with van der Waals surface area (Å²) in [6.45, 7) is 10.6. The van der Waals surface area contributed by atoms with Crippen molar-refractivity contribution in [3.8, 4) is 0 Å². The van der Waals surface area contributed by atoms with Crippen molar-refractivity contribution >= 4 is 5.91 Å². The van der Waals surface area contributed by atoms with Gasteiger partial charge in [-0.3, -0.25) is 4.79 Å². The number of rotatable bonds is 2. The fourth-order valence-electron chi connectivity index (χ4n) is 2.63. The Labute approximate surface area is 122 Å². The largest absolute Gasteiger partial charge is 0.339 e. The summed E-state index contributed by atoms with van der Waals surface area (Å²) in [7, 11) is 0. The maximum Gasteiger partial charge on any atom is 0.228 e. The molecule has 1 aliphatic heterocycles. The van der Waals surface area contributed by atoms with Crippen LogP contribution in [0.1, 0.15) is 31.9 Å². The van der Waals surface area contributed by atoms with Crippen LogP contribution in [0.2, 0.25) is 0 Å². The van der Waals surface area contributed by atoms with Crippen molar-refractivity contribution in [1.82, 2.24) is 10.2 Å². The summed E-state index contributed by atoms with van der Waals surface area (Å²) in [5, 5.41) is 3.52. The molecule has 1 fully saturated rings. The number of nitrogens with one attached hydrogen (secondary N) is 1. The first-order valence-electron chi connectivity index (χ1n) is 7.44. The highest BCUT2D eigenvalue weighted by Gasteiger charge is 2.30. The minimum absolute atomic E-state index is 0.257. The van der Waals surface area contributed by atoms with E-state index in [4.69, 9.17) is 0 Å². The van der Waals surface area contributed by atoms with Gasteiger partial charge < -0.3 is 10.2 Å². The minimum atomic E-state index is -0.286. The smallest absolute Gasteiger partial charge is 0.228 e. The number of nitrogens with zero attached hydrogens (tertiary/aromatic N) is 1. The molecule has 1 N–H and O–H groups in total. The SMILES string of the molecule is Cc1ccc(CC2CN(C(=O)C(C)(C)C)CCN2)cc1. The maximum atomic E-state index is 12.4. The lowest BCUT2D eigenvalue weighted by Crippen LogP contribution is -2.55.